The summed E-state index contributed by atoms with van der Waals surface area (Å²) < 4.78 is 10.8. The van der Waals surface area contributed by atoms with E-state index in [1.165, 1.54) is 7.11 Å². The number of nitrogens with zero attached hydrogens (tertiary/aromatic N) is 2. The Morgan fingerprint density at radius 3 is 2.53 bits per heavy atom. The van der Waals surface area contributed by atoms with E-state index in [9.17, 15) is 14.4 Å². The van der Waals surface area contributed by atoms with Gasteiger partial charge in [0.25, 0.3) is 11.1 Å². The molecule has 0 radical (unpaired) electrons. The number of carbonyl (C=O) groups excluding carboxylic acids is 3. The maximum Gasteiger partial charge on any atom is 0.294 e. The van der Waals surface area contributed by atoms with E-state index in [1.807, 2.05) is 6.92 Å². The van der Waals surface area contributed by atoms with Crippen molar-refractivity contribution in [3.63, 3.8) is 0 Å². The van der Waals surface area contributed by atoms with Crippen molar-refractivity contribution in [1.29, 1.82) is 0 Å². The zero-order valence-corrected chi connectivity index (χ0v) is 18.7. The molecule has 2 saturated heterocycles. The number of halogens is 1. The van der Waals surface area contributed by atoms with E-state index >= 15 is 0 Å². The molecule has 3 amide bonds. The highest BCUT2D eigenvalue weighted by molar-refractivity contribution is 8.18. The lowest BCUT2D eigenvalue weighted by Crippen LogP contribution is -2.42. The highest BCUT2D eigenvalue weighted by Gasteiger charge is 2.37. The van der Waals surface area contributed by atoms with E-state index in [-0.39, 0.29) is 17.4 Å². The average molecular weight is 453 g/mol. The number of ether oxygens (including phenoxy) is 2. The zero-order chi connectivity index (χ0) is 21.7. The molecular weight excluding hydrogens is 428 g/mol. The number of carbonyl (C=O) groups is 3. The first kappa shape index (κ1) is 22.5. The highest BCUT2D eigenvalue weighted by Crippen LogP contribution is 2.39. The molecule has 0 atom stereocenters. The van der Waals surface area contributed by atoms with Gasteiger partial charge in [0.05, 0.1) is 23.6 Å². The molecule has 1 aromatic carbocycles. The monoisotopic (exact) mass is 452 g/mol. The molecule has 2 fully saturated rings. The van der Waals surface area contributed by atoms with Crippen LogP contribution in [0.3, 0.4) is 0 Å². The number of thioether (sulfide) groups is 1. The van der Waals surface area contributed by atoms with E-state index < -0.39 is 11.1 Å². The molecule has 3 rings (SSSR count). The number of imide groups is 1. The second kappa shape index (κ2) is 10.2. The molecule has 9 heteroatoms. The smallest absolute Gasteiger partial charge is 0.294 e. The van der Waals surface area contributed by atoms with Crippen LogP contribution < -0.4 is 9.47 Å². The van der Waals surface area contributed by atoms with E-state index in [4.69, 9.17) is 21.1 Å². The predicted molar refractivity (Wildman–Crippen MR) is 117 cm³/mol. The van der Waals surface area contributed by atoms with Crippen molar-refractivity contribution in [3.05, 3.63) is 27.6 Å². The summed E-state index contributed by atoms with van der Waals surface area (Å²) in [5, 5.41) is -0.101. The summed E-state index contributed by atoms with van der Waals surface area (Å²) in [6.45, 7) is 3.39. The van der Waals surface area contributed by atoms with Crippen LogP contribution in [0.4, 0.5) is 4.79 Å². The van der Waals surface area contributed by atoms with Gasteiger partial charge in [-0.2, -0.15) is 0 Å². The van der Waals surface area contributed by atoms with Gasteiger partial charge in [-0.15, -0.1) is 0 Å². The molecule has 0 aliphatic carbocycles. The predicted octanol–water partition coefficient (Wildman–Crippen LogP) is 4.19. The fourth-order valence-corrected chi connectivity index (χ4v) is 4.56. The Morgan fingerprint density at radius 1 is 1.20 bits per heavy atom. The van der Waals surface area contributed by atoms with Crippen LogP contribution in [0.25, 0.3) is 6.08 Å². The average Bonchev–Trinajstić information content (AvgIpc) is 2.92. The largest absolute Gasteiger partial charge is 0.493 e. The van der Waals surface area contributed by atoms with Crippen molar-refractivity contribution >= 4 is 46.5 Å². The van der Waals surface area contributed by atoms with Gasteiger partial charge >= 0.3 is 0 Å². The van der Waals surface area contributed by atoms with Crippen LogP contribution in [0.1, 0.15) is 38.2 Å². The van der Waals surface area contributed by atoms with Crippen LogP contribution in [0, 0.1) is 0 Å². The molecule has 2 heterocycles. The highest BCUT2D eigenvalue weighted by atomic mass is 35.5. The van der Waals surface area contributed by atoms with Crippen LogP contribution in [0.5, 0.6) is 11.5 Å². The lowest BCUT2D eigenvalue weighted by atomic mass is 10.1. The summed E-state index contributed by atoms with van der Waals surface area (Å²) in [7, 11) is 1.50. The summed E-state index contributed by atoms with van der Waals surface area (Å²) >= 11 is 7.10. The van der Waals surface area contributed by atoms with Crippen LogP contribution in [-0.2, 0) is 9.59 Å². The molecule has 0 spiro atoms. The number of likely N-dealkylation sites (tertiary alicyclic amines) is 1. The number of amides is 3. The maximum atomic E-state index is 12.8. The van der Waals surface area contributed by atoms with Crippen molar-refractivity contribution in [2.75, 3.05) is 33.4 Å². The third-order valence-corrected chi connectivity index (χ3v) is 6.15. The van der Waals surface area contributed by atoms with Gasteiger partial charge in [0.2, 0.25) is 5.91 Å². The van der Waals surface area contributed by atoms with Crippen LogP contribution >= 0.6 is 23.4 Å². The van der Waals surface area contributed by atoms with Crippen molar-refractivity contribution in [3.8, 4) is 11.5 Å². The molecule has 0 aromatic heterocycles. The molecule has 0 bridgehead atoms. The Labute approximate surface area is 185 Å². The Morgan fingerprint density at radius 2 is 1.90 bits per heavy atom. The van der Waals surface area contributed by atoms with Crippen LogP contribution in [-0.4, -0.2) is 60.2 Å². The maximum absolute atomic E-state index is 12.8. The normalized spacial score (nSPS) is 18.7. The van der Waals surface area contributed by atoms with Crippen LogP contribution in [0.2, 0.25) is 5.02 Å². The topological polar surface area (TPSA) is 76.2 Å². The Kier molecular flexibility index (Phi) is 7.66. The van der Waals surface area contributed by atoms with E-state index in [0.717, 1.165) is 42.3 Å². The van der Waals surface area contributed by atoms with Crippen LogP contribution in [0.15, 0.2) is 17.0 Å². The minimum Gasteiger partial charge on any atom is -0.493 e. The fraction of sp³-hybridized carbons (Fsp3) is 0.476. The molecule has 1 aromatic rings. The summed E-state index contributed by atoms with van der Waals surface area (Å²) in [6, 6.07) is 3.33. The third kappa shape index (κ3) is 5.10. The quantitative estimate of drug-likeness (QED) is 0.602. The van der Waals surface area contributed by atoms with Gasteiger partial charge in [0.1, 0.15) is 6.54 Å². The second-order valence-corrected chi connectivity index (χ2v) is 8.43. The molecule has 2 aliphatic heterocycles. The first-order valence-electron chi connectivity index (χ1n) is 9.98. The van der Waals surface area contributed by atoms with Crippen molar-refractivity contribution in [1.82, 2.24) is 9.80 Å². The van der Waals surface area contributed by atoms with Crippen molar-refractivity contribution < 1.29 is 23.9 Å². The van der Waals surface area contributed by atoms with Crippen molar-refractivity contribution in [2.24, 2.45) is 0 Å². The van der Waals surface area contributed by atoms with Gasteiger partial charge in [-0.3, -0.25) is 19.3 Å². The molecule has 162 valence electrons. The van der Waals surface area contributed by atoms with Gasteiger partial charge in [-0.1, -0.05) is 24.4 Å². The van der Waals surface area contributed by atoms with Gasteiger partial charge in [-0.05, 0) is 55.3 Å². The molecule has 0 N–H and O–H groups in total. The first-order valence-corrected chi connectivity index (χ1v) is 11.2. The lowest BCUT2D eigenvalue weighted by Gasteiger charge is -2.22. The second-order valence-electron chi connectivity index (χ2n) is 7.03. The number of methoxy groups -OCH3 is 1. The summed E-state index contributed by atoms with van der Waals surface area (Å²) in [5.41, 5.74) is 0.602. The van der Waals surface area contributed by atoms with Crippen molar-refractivity contribution in [2.45, 2.75) is 32.6 Å². The lowest BCUT2D eigenvalue weighted by molar-refractivity contribution is -0.135. The standard InChI is InChI=1S/C21H25ClN2O5S/c1-3-29-19-15(22)10-14(11-16(19)28-2)12-17-20(26)24(21(27)30-17)13-18(25)23-8-6-4-5-7-9-23/h10-12H,3-9,13H2,1-2H3. The number of hydrogen-bond donors (Lipinski definition) is 0. The molecular formula is C21H25ClN2O5S. The van der Waals surface area contributed by atoms with Gasteiger partial charge in [0.15, 0.2) is 11.5 Å². The number of benzene rings is 1. The molecule has 7 nitrogen and oxygen atoms in total. The SMILES string of the molecule is CCOc1c(Cl)cc(C=C2SC(=O)N(CC(=O)N3CCCCCC3)C2=O)cc1OC. The molecule has 0 unspecified atom stereocenters. The number of rotatable bonds is 6. The molecule has 30 heavy (non-hydrogen) atoms. The van der Waals surface area contributed by atoms with E-state index in [1.54, 1.807) is 23.1 Å². The Balaban J connectivity index is 1.76. The molecule has 0 saturated carbocycles. The Hall–Kier alpha value is -2.19. The number of hydrogen-bond acceptors (Lipinski definition) is 6. The van der Waals surface area contributed by atoms with E-state index in [0.29, 0.717) is 41.8 Å². The van der Waals surface area contributed by atoms with Gasteiger partial charge in [0, 0.05) is 13.1 Å². The zero-order valence-electron chi connectivity index (χ0n) is 17.1. The van der Waals surface area contributed by atoms with E-state index in [2.05, 4.69) is 0 Å². The fourth-order valence-electron chi connectivity index (χ4n) is 3.45. The summed E-state index contributed by atoms with van der Waals surface area (Å²) in [5.74, 6) is 0.199. The summed E-state index contributed by atoms with van der Waals surface area (Å²) in [4.78, 5) is 40.8. The minimum absolute atomic E-state index is 0.189. The van der Waals surface area contributed by atoms with Gasteiger partial charge in [-0.25, -0.2) is 0 Å². The Bertz CT molecular complexity index is 865. The third-order valence-electron chi connectivity index (χ3n) is 4.96. The molecule has 2 aliphatic rings. The minimum atomic E-state index is -0.475. The summed E-state index contributed by atoms with van der Waals surface area (Å²) in [6.07, 6.45) is 5.68. The first-order chi connectivity index (χ1) is 14.4. The van der Waals surface area contributed by atoms with Gasteiger partial charge < -0.3 is 14.4 Å².